The smallest absolute Gasteiger partial charge is 0.247 e. The Bertz CT molecular complexity index is 516. The largest absolute Gasteiger partial charge is 0.381 e. The third kappa shape index (κ3) is 2.66. The summed E-state index contributed by atoms with van der Waals surface area (Å²) in [5.41, 5.74) is -0.414. The maximum atomic E-state index is 13.0. The van der Waals surface area contributed by atoms with E-state index in [1.165, 1.54) is 17.0 Å². The molecule has 20 heavy (non-hydrogen) atoms. The first-order valence-corrected chi connectivity index (χ1v) is 6.69. The van der Waals surface area contributed by atoms with E-state index < -0.39 is 5.41 Å². The average Bonchev–Trinajstić information content (AvgIpc) is 2.50. The highest BCUT2D eigenvalue weighted by Crippen LogP contribution is 2.33. The van der Waals surface area contributed by atoms with Crippen molar-refractivity contribution in [3.63, 3.8) is 0 Å². The molecule has 0 saturated carbocycles. The molecule has 0 unspecified atom stereocenters. The summed E-state index contributed by atoms with van der Waals surface area (Å²) in [5.74, 6) is -0.573. The third-order valence-corrected chi connectivity index (χ3v) is 3.67. The molecule has 0 spiro atoms. The number of hydrogen-bond donors (Lipinski definition) is 0. The van der Waals surface area contributed by atoms with Gasteiger partial charge in [-0.2, -0.15) is 5.26 Å². The molecule has 1 fully saturated rings. The number of ether oxygens (including phenoxy) is 1. The average molecular weight is 276 g/mol. The molecule has 1 saturated heterocycles. The Balaban J connectivity index is 2.28. The summed E-state index contributed by atoms with van der Waals surface area (Å²) >= 11 is 0. The first kappa shape index (κ1) is 14.5. The first-order valence-electron chi connectivity index (χ1n) is 6.69. The van der Waals surface area contributed by atoms with Gasteiger partial charge < -0.3 is 9.64 Å². The molecule has 5 heteroatoms. The highest BCUT2D eigenvalue weighted by molar-refractivity contribution is 5.99. The molecule has 0 atom stereocenters. The van der Waals surface area contributed by atoms with Crippen LogP contribution in [0.25, 0.3) is 0 Å². The molecule has 1 amide bonds. The number of benzene rings is 1. The Morgan fingerprint density at radius 3 is 2.50 bits per heavy atom. The van der Waals surface area contributed by atoms with Crippen LogP contribution in [0.1, 0.15) is 19.8 Å². The Morgan fingerprint density at radius 2 is 2.00 bits per heavy atom. The number of nitrogens with zero attached hydrogens (tertiary/aromatic N) is 2. The van der Waals surface area contributed by atoms with Gasteiger partial charge in [0.05, 0.1) is 6.07 Å². The number of halogens is 1. The predicted octanol–water partition coefficient (Wildman–Crippen LogP) is 2.50. The van der Waals surface area contributed by atoms with Crippen molar-refractivity contribution in [1.82, 2.24) is 0 Å². The van der Waals surface area contributed by atoms with E-state index in [1.807, 2.05) is 6.92 Å². The molecule has 0 aliphatic carbocycles. The standard InChI is InChI=1S/C15H17FN2O2/c1-2-18(13-5-3-12(16)4-6-13)14(19)15(11-17)7-9-20-10-8-15/h3-6H,2,7-10H2,1H3. The number of amides is 1. The molecule has 1 aromatic rings. The van der Waals surface area contributed by atoms with Crippen LogP contribution in [0.5, 0.6) is 0 Å². The maximum Gasteiger partial charge on any atom is 0.247 e. The van der Waals surface area contributed by atoms with E-state index >= 15 is 0 Å². The predicted molar refractivity (Wildman–Crippen MR) is 72.5 cm³/mol. The van der Waals surface area contributed by atoms with E-state index in [-0.39, 0.29) is 11.7 Å². The Morgan fingerprint density at radius 1 is 1.40 bits per heavy atom. The van der Waals surface area contributed by atoms with Crippen molar-refractivity contribution < 1.29 is 13.9 Å². The lowest BCUT2D eigenvalue weighted by Gasteiger charge is -2.34. The minimum atomic E-state index is -1.03. The van der Waals surface area contributed by atoms with Crippen molar-refractivity contribution in [1.29, 1.82) is 5.26 Å². The number of anilines is 1. The number of nitriles is 1. The fourth-order valence-electron chi connectivity index (χ4n) is 2.42. The van der Waals surface area contributed by atoms with Crippen LogP contribution >= 0.6 is 0 Å². The fraction of sp³-hybridized carbons (Fsp3) is 0.467. The van der Waals surface area contributed by atoms with Crippen LogP contribution in [0.3, 0.4) is 0 Å². The zero-order chi connectivity index (χ0) is 14.6. The lowest BCUT2D eigenvalue weighted by Crippen LogP contribution is -2.46. The number of rotatable bonds is 3. The van der Waals surface area contributed by atoms with Crippen LogP contribution < -0.4 is 4.90 Å². The van der Waals surface area contributed by atoms with Crippen LogP contribution in [0.4, 0.5) is 10.1 Å². The summed E-state index contributed by atoms with van der Waals surface area (Å²) < 4.78 is 18.2. The van der Waals surface area contributed by atoms with Gasteiger partial charge in [0.25, 0.3) is 0 Å². The van der Waals surface area contributed by atoms with Gasteiger partial charge in [-0.25, -0.2) is 4.39 Å². The monoisotopic (exact) mass is 276 g/mol. The molecule has 0 radical (unpaired) electrons. The van der Waals surface area contributed by atoms with E-state index in [9.17, 15) is 14.4 Å². The second-order valence-corrected chi connectivity index (χ2v) is 4.83. The lowest BCUT2D eigenvalue weighted by atomic mass is 9.80. The van der Waals surface area contributed by atoms with Gasteiger partial charge >= 0.3 is 0 Å². The summed E-state index contributed by atoms with van der Waals surface area (Å²) in [6.45, 7) is 3.11. The van der Waals surface area contributed by atoms with Crippen LogP contribution in [0.2, 0.25) is 0 Å². The number of carbonyl (C=O) groups is 1. The first-order chi connectivity index (χ1) is 9.63. The lowest BCUT2D eigenvalue weighted by molar-refractivity contribution is -0.129. The molecule has 106 valence electrons. The van der Waals surface area contributed by atoms with E-state index in [0.717, 1.165) is 0 Å². The van der Waals surface area contributed by atoms with Crippen molar-refractivity contribution in [3.8, 4) is 6.07 Å². The van der Waals surface area contributed by atoms with Crippen LogP contribution in [-0.4, -0.2) is 25.7 Å². The number of carbonyl (C=O) groups excluding carboxylic acids is 1. The molecule has 0 N–H and O–H groups in total. The molecule has 1 heterocycles. The van der Waals surface area contributed by atoms with Crippen LogP contribution in [0.15, 0.2) is 24.3 Å². The summed E-state index contributed by atoms with van der Waals surface area (Å²) in [5, 5.41) is 9.43. The Kier molecular flexibility index (Phi) is 4.35. The van der Waals surface area contributed by atoms with Gasteiger partial charge in [0.1, 0.15) is 11.2 Å². The van der Waals surface area contributed by atoms with Crippen molar-refractivity contribution in [3.05, 3.63) is 30.1 Å². The van der Waals surface area contributed by atoms with Crippen LogP contribution in [0, 0.1) is 22.6 Å². The SMILES string of the molecule is CCN(C(=O)C1(C#N)CCOCC1)c1ccc(F)cc1. The second kappa shape index (κ2) is 6.02. The zero-order valence-electron chi connectivity index (χ0n) is 11.4. The highest BCUT2D eigenvalue weighted by atomic mass is 19.1. The zero-order valence-corrected chi connectivity index (χ0v) is 11.4. The quantitative estimate of drug-likeness (QED) is 0.852. The second-order valence-electron chi connectivity index (χ2n) is 4.83. The topological polar surface area (TPSA) is 53.3 Å². The fourth-order valence-corrected chi connectivity index (χ4v) is 2.42. The third-order valence-electron chi connectivity index (χ3n) is 3.67. The molecule has 0 bridgehead atoms. The van der Waals surface area contributed by atoms with Gasteiger partial charge in [-0.3, -0.25) is 4.79 Å². The van der Waals surface area contributed by atoms with Gasteiger partial charge in [0.15, 0.2) is 0 Å². The Labute approximate surface area is 117 Å². The Hall–Kier alpha value is -1.93. The molecular formula is C15H17FN2O2. The summed E-state index contributed by atoms with van der Waals surface area (Å²) in [4.78, 5) is 14.3. The van der Waals surface area contributed by atoms with Crippen molar-refractivity contribution in [2.45, 2.75) is 19.8 Å². The van der Waals surface area contributed by atoms with Gasteiger partial charge in [0, 0.05) is 25.4 Å². The van der Waals surface area contributed by atoms with Gasteiger partial charge in [-0.05, 0) is 44.0 Å². The minimum absolute atomic E-state index is 0.225. The molecule has 4 nitrogen and oxygen atoms in total. The van der Waals surface area contributed by atoms with Gasteiger partial charge in [0.2, 0.25) is 5.91 Å². The van der Waals surface area contributed by atoms with Crippen molar-refractivity contribution in [2.24, 2.45) is 5.41 Å². The summed E-state index contributed by atoms with van der Waals surface area (Å²) in [6.07, 6.45) is 0.806. The molecule has 1 aliphatic rings. The van der Waals surface area contributed by atoms with Crippen molar-refractivity contribution in [2.75, 3.05) is 24.7 Å². The van der Waals surface area contributed by atoms with Gasteiger partial charge in [-0.1, -0.05) is 0 Å². The molecule has 1 aromatic carbocycles. The van der Waals surface area contributed by atoms with E-state index in [4.69, 9.17) is 4.74 Å². The molecule has 1 aliphatic heterocycles. The van der Waals surface area contributed by atoms with Crippen LogP contribution in [-0.2, 0) is 9.53 Å². The summed E-state index contributed by atoms with van der Waals surface area (Å²) in [6, 6.07) is 7.91. The van der Waals surface area contributed by atoms with Gasteiger partial charge in [-0.15, -0.1) is 0 Å². The van der Waals surface area contributed by atoms with Crippen molar-refractivity contribution >= 4 is 11.6 Å². The summed E-state index contributed by atoms with van der Waals surface area (Å²) in [7, 11) is 0. The molecule has 0 aromatic heterocycles. The normalized spacial score (nSPS) is 17.2. The van der Waals surface area contributed by atoms with E-state index in [1.54, 1.807) is 12.1 Å². The van der Waals surface area contributed by atoms with E-state index in [0.29, 0.717) is 38.3 Å². The van der Waals surface area contributed by atoms with E-state index in [2.05, 4.69) is 6.07 Å². The maximum absolute atomic E-state index is 13.0. The highest BCUT2D eigenvalue weighted by Gasteiger charge is 2.43. The number of hydrogen-bond acceptors (Lipinski definition) is 3. The minimum Gasteiger partial charge on any atom is -0.381 e. The molecular weight excluding hydrogens is 259 g/mol. The molecule has 2 rings (SSSR count).